The number of fused-ring (bicyclic) bond motifs is 2. The molecule has 0 spiro atoms. The zero-order chi connectivity index (χ0) is 21.4. The Labute approximate surface area is 174 Å². The van der Waals surface area contributed by atoms with E-state index in [1.54, 1.807) is 36.5 Å². The van der Waals surface area contributed by atoms with E-state index in [-0.39, 0.29) is 18.3 Å². The van der Waals surface area contributed by atoms with Gasteiger partial charge in [0, 0.05) is 17.3 Å². The molecule has 1 heterocycles. The van der Waals surface area contributed by atoms with Crippen molar-refractivity contribution < 1.29 is 18.3 Å². The van der Waals surface area contributed by atoms with Crippen molar-refractivity contribution in [1.82, 2.24) is 4.98 Å². The van der Waals surface area contributed by atoms with E-state index < -0.39 is 18.3 Å². The number of benzene rings is 2. The number of aromatic nitrogens is 1. The van der Waals surface area contributed by atoms with Crippen LogP contribution in [0, 0.1) is 5.92 Å². The average Bonchev–Trinajstić information content (AvgIpc) is 2.73. The highest BCUT2D eigenvalue weighted by molar-refractivity contribution is 5.91. The first kappa shape index (κ1) is 20.7. The fourth-order valence-electron chi connectivity index (χ4n) is 4.48. The molecule has 0 amide bonds. The van der Waals surface area contributed by atoms with Gasteiger partial charge in [0.15, 0.2) is 5.60 Å². The van der Waals surface area contributed by atoms with E-state index in [2.05, 4.69) is 10.3 Å². The number of rotatable bonds is 5. The summed E-state index contributed by atoms with van der Waals surface area (Å²) in [6, 6.07) is 16.4. The van der Waals surface area contributed by atoms with E-state index in [1.165, 1.54) is 0 Å². The first-order valence-electron chi connectivity index (χ1n) is 10.2. The lowest BCUT2D eigenvalue weighted by Gasteiger charge is -2.39. The van der Waals surface area contributed by atoms with Gasteiger partial charge in [0.25, 0.3) is 0 Å². The molecule has 0 saturated carbocycles. The maximum atomic E-state index is 14.1. The minimum absolute atomic E-state index is 0.0653. The fourth-order valence-corrected chi connectivity index (χ4v) is 4.48. The maximum Gasteiger partial charge on any atom is 0.418 e. The van der Waals surface area contributed by atoms with Crippen LogP contribution in [0.2, 0.25) is 0 Å². The van der Waals surface area contributed by atoms with E-state index in [1.807, 2.05) is 31.2 Å². The largest absolute Gasteiger partial charge is 0.418 e. The van der Waals surface area contributed by atoms with Gasteiger partial charge >= 0.3 is 6.18 Å². The summed E-state index contributed by atoms with van der Waals surface area (Å²) in [6.45, 7) is 1.36. The summed E-state index contributed by atoms with van der Waals surface area (Å²) in [4.78, 5) is 4.24. The van der Waals surface area contributed by atoms with Crippen LogP contribution >= 0.6 is 0 Å². The second-order valence-electron chi connectivity index (χ2n) is 8.28. The fraction of sp³-hybridized carbons (Fsp3) is 0.375. The summed E-state index contributed by atoms with van der Waals surface area (Å²) in [5.74, 6) is -0.284. The number of anilines is 1. The van der Waals surface area contributed by atoms with E-state index in [0.717, 1.165) is 29.4 Å². The van der Waals surface area contributed by atoms with Crippen LogP contribution in [-0.4, -0.2) is 28.4 Å². The van der Waals surface area contributed by atoms with Crippen LogP contribution < -0.4 is 5.32 Å². The Kier molecular flexibility index (Phi) is 5.45. The topological polar surface area (TPSA) is 45.1 Å². The van der Waals surface area contributed by atoms with E-state index >= 15 is 0 Å². The quantitative estimate of drug-likeness (QED) is 0.563. The van der Waals surface area contributed by atoms with Crippen molar-refractivity contribution in [1.29, 1.82) is 0 Å². The summed E-state index contributed by atoms with van der Waals surface area (Å²) < 4.78 is 42.2. The third kappa shape index (κ3) is 3.88. The Morgan fingerprint density at radius 1 is 1.07 bits per heavy atom. The third-order valence-corrected chi connectivity index (χ3v) is 6.31. The van der Waals surface area contributed by atoms with Crippen molar-refractivity contribution >= 4 is 16.6 Å². The summed E-state index contributed by atoms with van der Waals surface area (Å²) in [5, 5.41) is 14.4. The van der Waals surface area contributed by atoms with Crippen LogP contribution in [-0.2, 0) is 6.42 Å². The molecule has 0 fully saturated rings. The molecular formula is C24H25F3N2O. The highest BCUT2D eigenvalue weighted by atomic mass is 19.4. The molecule has 3 atom stereocenters. The number of hydrogen-bond donors (Lipinski definition) is 2. The minimum Gasteiger partial charge on any atom is -0.381 e. The molecule has 3 aromatic rings. The smallest absolute Gasteiger partial charge is 0.381 e. The van der Waals surface area contributed by atoms with Crippen LogP contribution in [0.5, 0.6) is 0 Å². The van der Waals surface area contributed by atoms with E-state index in [9.17, 15) is 18.3 Å². The second-order valence-corrected chi connectivity index (χ2v) is 8.28. The normalized spacial score (nSPS) is 21.1. The Bertz CT molecular complexity index is 1030. The molecule has 0 saturated heterocycles. The molecule has 0 aliphatic heterocycles. The molecular weight excluding hydrogens is 389 g/mol. The van der Waals surface area contributed by atoms with Gasteiger partial charge in [-0.3, -0.25) is 4.98 Å². The number of hydrogen-bond acceptors (Lipinski definition) is 3. The Balaban J connectivity index is 1.62. The van der Waals surface area contributed by atoms with Crippen molar-refractivity contribution in [3.63, 3.8) is 0 Å². The molecule has 3 nitrogen and oxygen atoms in total. The zero-order valence-electron chi connectivity index (χ0n) is 16.8. The highest BCUT2D eigenvalue weighted by Crippen LogP contribution is 2.45. The van der Waals surface area contributed by atoms with Crippen molar-refractivity contribution in [3.05, 3.63) is 71.9 Å². The van der Waals surface area contributed by atoms with Crippen LogP contribution in [0.3, 0.4) is 0 Å². The van der Waals surface area contributed by atoms with Gasteiger partial charge in [-0.15, -0.1) is 0 Å². The second kappa shape index (κ2) is 7.91. The molecule has 6 heteroatoms. The summed E-state index contributed by atoms with van der Waals surface area (Å²) >= 11 is 0. The Morgan fingerprint density at radius 2 is 1.87 bits per heavy atom. The van der Waals surface area contributed by atoms with Crippen LogP contribution in [0.25, 0.3) is 10.9 Å². The van der Waals surface area contributed by atoms with Gasteiger partial charge in [-0.25, -0.2) is 0 Å². The molecule has 30 heavy (non-hydrogen) atoms. The number of nitrogens with zero attached hydrogens (tertiary/aromatic N) is 1. The molecule has 0 bridgehead atoms. The van der Waals surface area contributed by atoms with Crippen molar-refractivity contribution in [2.24, 2.45) is 5.92 Å². The minimum atomic E-state index is -4.76. The van der Waals surface area contributed by atoms with Crippen LogP contribution in [0.1, 0.15) is 36.8 Å². The Hall–Kier alpha value is -2.60. The molecule has 1 aliphatic rings. The maximum absolute atomic E-state index is 14.1. The average molecular weight is 414 g/mol. The summed E-state index contributed by atoms with van der Waals surface area (Å²) in [5.41, 5.74) is 0.376. The van der Waals surface area contributed by atoms with Gasteiger partial charge in [0.1, 0.15) is 0 Å². The number of aryl methyl sites for hydroxylation is 1. The summed E-state index contributed by atoms with van der Waals surface area (Å²) in [6.07, 6.45) is -1.81. The lowest BCUT2D eigenvalue weighted by molar-refractivity contribution is -0.259. The van der Waals surface area contributed by atoms with Crippen molar-refractivity contribution in [3.8, 4) is 0 Å². The summed E-state index contributed by atoms with van der Waals surface area (Å²) in [7, 11) is 0. The Morgan fingerprint density at radius 3 is 2.67 bits per heavy atom. The van der Waals surface area contributed by atoms with Gasteiger partial charge in [-0.1, -0.05) is 37.3 Å². The van der Waals surface area contributed by atoms with Gasteiger partial charge in [-0.2, -0.15) is 13.2 Å². The standard InChI is InChI=1S/C24H25F3N2O/c1-16-11-12-17-6-2-3-7-18(17)20(16)14-23(30,24(25,26)27)15-29-22-10-4-9-21-19(22)8-5-13-28-21/h2-10,13,16,20,29-30H,11-12,14-15H2,1H3. The van der Waals surface area contributed by atoms with Crippen molar-refractivity contribution in [2.75, 3.05) is 11.9 Å². The van der Waals surface area contributed by atoms with Gasteiger partial charge in [0.2, 0.25) is 0 Å². The molecule has 2 N–H and O–H groups in total. The number of pyridine rings is 1. The first-order chi connectivity index (χ1) is 14.3. The highest BCUT2D eigenvalue weighted by Gasteiger charge is 2.55. The molecule has 2 aromatic carbocycles. The van der Waals surface area contributed by atoms with Crippen LogP contribution in [0.4, 0.5) is 18.9 Å². The van der Waals surface area contributed by atoms with E-state index in [4.69, 9.17) is 0 Å². The number of nitrogens with one attached hydrogen (secondary N) is 1. The van der Waals surface area contributed by atoms with E-state index in [0.29, 0.717) is 11.2 Å². The van der Waals surface area contributed by atoms with Gasteiger partial charge < -0.3 is 10.4 Å². The number of aliphatic hydroxyl groups is 1. The van der Waals surface area contributed by atoms with Crippen molar-refractivity contribution in [2.45, 2.75) is 43.9 Å². The molecule has 1 aliphatic carbocycles. The predicted molar refractivity (Wildman–Crippen MR) is 113 cm³/mol. The number of alkyl halides is 3. The molecule has 3 unspecified atom stereocenters. The zero-order valence-corrected chi connectivity index (χ0v) is 16.8. The van der Waals surface area contributed by atoms with Gasteiger partial charge in [0.05, 0.1) is 12.1 Å². The molecule has 0 radical (unpaired) electrons. The SMILES string of the molecule is CC1CCc2ccccc2C1CC(O)(CNc1cccc2ncccc12)C(F)(F)F. The molecule has 158 valence electrons. The number of halogens is 3. The molecule has 4 rings (SSSR count). The first-order valence-corrected chi connectivity index (χ1v) is 10.2. The van der Waals surface area contributed by atoms with Gasteiger partial charge in [-0.05, 0) is 66.5 Å². The van der Waals surface area contributed by atoms with Crippen LogP contribution in [0.15, 0.2) is 60.8 Å². The lowest BCUT2D eigenvalue weighted by atomic mass is 9.71. The third-order valence-electron chi connectivity index (χ3n) is 6.31. The monoisotopic (exact) mass is 414 g/mol. The predicted octanol–water partition coefficient (Wildman–Crippen LogP) is 5.70. The molecule has 1 aromatic heterocycles. The lowest BCUT2D eigenvalue weighted by Crippen LogP contribution is -2.52.